The molecule has 2 unspecified atom stereocenters. The SMILES string of the molecule is COC(=O)c1cc(NC2CCC(C(=O)O)C2)ccn1. The number of aromatic nitrogens is 1. The standard InChI is InChI=1S/C13H16N2O4/c1-19-13(18)11-7-10(4-5-14-11)15-9-3-2-8(6-9)12(16)17/h4-5,7-9H,2-3,6H2,1H3,(H,14,15)(H,16,17). The molecule has 2 atom stereocenters. The molecule has 1 fully saturated rings. The second kappa shape index (κ2) is 5.69. The van der Waals surface area contributed by atoms with E-state index < -0.39 is 11.9 Å². The first-order valence-corrected chi connectivity index (χ1v) is 6.14. The molecule has 1 heterocycles. The highest BCUT2D eigenvalue weighted by molar-refractivity contribution is 5.88. The van der Waals surface area contributed by atoms with Gasteiger partial charge in [-0.2, -0.15) is 0 Å². The predicted octanol–water partition coefficient (Wildman–Crippen LogP) is 1.53. The van der Waals surface area contributed by atoms with Crippen LogP contribution >= 0.6 is 0 Å². The summed E-state index contributed by atoms with van der Waals surface area (Å²) in [6.45, 7) is 0. The van der Waals surface area contributed by atoms with E-state index in [0.717, 1.165) is 12.1 Å². The van der Waals surface area contributed by atoms with Crippen LogP contribution < -0.4 is 5.32 Å². The number of ether oxygens (including phenoxy) is 1. The minimum absolute atomic E-state index is 0.119. The van der Waals surface area contributed by atoms with Gasteiger partial charge in [0.25, 0.3) is 0 Å². The normalized spacial score (nSPS) is 21.9. The van der Waals surface area contributed by atoms with Crippen LogP contribution in [0.3, 0.4) is 0 Å². The number of pyridine rings is 1. The first-order chi connectivity index (χ1) is 9.10. The highest BCUT2D eigenvalue weighted by Crippen LogP contribution is 2.28. The summed E-state index contributed by atoms with van der Waals surface area (Å²) < 4.78 is 4.60. The Kier molecular flexibility index (Phi) is 3.99. The predicted molar refractivity (Wildman–Crippen MR) is 68.0 cm³/mol. The van der Waals surface area contributed by atoms with Crippen molar-refractivity contribution in [2.75, 3.05) is 12.4 Å². The highest BCUT2D eigenvalue weighted by atomic mass is 16.5. The molecule has 0 radical (unpaired) electrons. The number of carbonyl (C=O) groups excluding carboxylic acids is 1. The molecule has 0 amide bonds. The van der Waals surface area contributed by atoms with Crippen LogP contribution in [0.4, 0.5) is 5.69 Å². The number of esters is 1. The zero-order valence-electron chi connectivity index (χ0n) is 10.6. The van der Waals surface area contributed by atoms with E-state index in [1.807, 2.05) is 0 Å². The molecule has 0 aromatic carbocycles. The minimum Gasteiger partial charge on any atom is -0.481 e. The number of carbonyl (C=O) groups is 2. The van der Waals surface area contributed by atoms with Gasteiger partial charge in [0.05, 0.1) is 13.0 Å². The number of nitrogens with zero attached hydrogens (tertiary/aromatic N) is 1. The summed E-state index contributed by atoms with van der Waals surface area (Å²) in [6.07, 6.45) is 3.62. The third-order valence-corrected chi connectivity index (χ3v) is 3.31. The Bertz CT molecular complexity index is 489. The fourth-order valence-corrected chi connectivity index (χ4v) is 2.31. The molecule has 102 valence electrons. The molecule has 0 aliphatic heterocycles. The summed E-state index contributed by atoms with van der Waals surface area (Å²) >= 11 is 0. The van der Waals surface area contributed by atoms with Gasteiger partial charge in [-0.15, -0.1) is 0 Å². The van der Waals surface area contributed by atoms with E-state index in [2.05, 4.69) is 15.0 Å². The Morgan fingerprint density at radius 3 is 2.89 bits per heavy atom. The molecule has 0 bridgehead atoms. The Labute approximate surface area is 110 Å². The van der Waals surface area contributed by atoms with Crippen molar-refractivity contribution in [1.82, 2.24) is 4.98 Å². The number of rotatable bonds is 4. The molecular weight excluding hydrogens is 248 g/mol. The molecule has 2 rings (SSSR count). The minimum atomic E-state index is -0.741. The second-order valence-corrected chi connectivity index (χ2v) is 4.61. The maximum absolute atomic E-state index is 11.4. The molecule has 1 aromatic heterocycles. The van der Waals surface area contributed by atoms with Crippen molar-refractivity contribution in [2.45, 2.75) is 25.3 Å². The highest BCUT2D eigenvalue weighted by Gasteiger charge is 2.29. The van der Waals surface area contributed by atoms with Gasteiger partial charge in [0.1, 0.15) is 5.69 Å². The smallest absolute Gasteiger partial charge is 0.356 e. The number of carboxylic acid groups (broad SMARTS) is 1. The topological polar surface area (TPSA) is 88.5 Å². The van der Waals surface area contributed by atoms with Crippen LogP contribution in [-0.2, 0) is 9.53 Å². The van der Waals surface area contributed by atoms with Gasteiger partial charge in [-0.1, -0.05) is 0 Å². The lowest BCUT2D eigenvalue weighted by molar-refractivity contribution is -0.141. The average molecular weight is 264 g/mol. The van der Waals surface area contributed by atoms with Gasteiger partial charge in [0.15, 0.2) is 0 Å². The molecular formula is C13H16N2O4. The van der Waals surface area contributed by atoms with Gasteiger partial charge in [-0.25, -0.2) is 9.78 Å². The average Bonchev–Trinajstić information content (AvgIpc) is 2.87. The molecule has 0 spiro atoms. The van der Waals surface area contributed by atoms with Crippen LogP contribution in [-0.4, -0.2) is 35.2 Å². The molecule has 6 nitrogen and oxygen atoms in total. The van der Waals surface area contributed by atoms with Crippen molar-refractivity contribution >= 4 is 17.6 Å². The van der Waals surface area contributed by atoms with Crippen molar-refractivity contribution in [3.63, 3.8) is 0 Å². The maximum atomic E-state index is 11.4. The van der Waals surface area contributed by atoms with Crippen LogP contribution in [0.5, 0.6) is 0 Å². The fourth-order valence-electron chi connectivity index (χ4n) is 2.31. The molecule has 19 heavy (non-hydrogen) atoms. The van der Waals surface area contributed by atoms with E-state index in [4.69, 9.17) is 5.11 Å². The second-order valence-electron chi connectivity index (χ2n) is 4.61. The maximum Gasteiger partial charge on any atom is 0.356 e. The number of hydrogen-bond donors (Lipinski definition) is 2. The van der Waals surface area contributed by atoms with E-state index in [9.17, 15) is 9.59 Å². The van der Waals surface area contributed by atoms with E-state index in [-0.39, 0.29) is 17.7 Å². The first-order valence-electron chi connectivity index (χ1n) is 6.14. The third kappa shape index (κ3) is 3.21. The van der Waals surface area contributed by atoms with Crippen LogP contribution in [0.25, 0.3) is 0 Å². The molecule has 1 saturated carbocycles. The van der Waals surface area contributed by atoms with Crippen molar-refractivity contribution in [3.05, 3.63) is 24.0 Å². The van der Waals surface area contributed by atoms with Crippen molar-refractivity contribution in [2.24, 2.45) is 5.92 Å². The van der Waals surface area contributed by atoms with Gasteiger partial charge in [0.2, 0.25) is 0 Å². The Morgan fingerprint density at radius 1 is 1.47 bits per heavy atom. The van der Waals surface area contributed by atoms with Crippen LogP contribution in [0.15, 0.2) is 18.3 Å². The Hall–Kier alpha value is -2.11. The number of carboxylic acids is 1. The summed E-state index contributed by atoms with van der Waals surface area (Å²) in [6, 6.07) is 3.48. The van der Waals surface area contributed by atoms with E-state index in [1.54, 1.807) is 12.1 Å². The van der Waals surface area contributed by atoms with Crippen molar-refractivity contribution in [1.29, 1.82) is 0 Å². The largest absolute Gasteiger partial charge is 0.481 e. The fraction of sp³-hybridized carbons (Fsp3) is 0.462. The van der Waals surface area contributed by atoms with Gasteiger partial charge in [-0.3, -0.25) is 4.79 Å². The number of aliphatic carboxylic acids is 1. The Morgan fingerprint density at radius 2 is 2.26 bits per heavy atom. The van der Waals surface area contributed by atoms with Gasteiger partial charge < -0.3 is 15.2 Å². The number of nitrogens with one attached hydrogen (secondary N) is 1. The summed E-state index contributed by atoms with van der Waals surface area (Å²) in [5.74, 6) is -1.51. The molecule has 6 heteroatoms. The molecule has 1 aromatic rings. The van der Waals surface area contributed by atoms with Gasteiger partial charge in [-0.05, 0) is 31.4 Å². The van der Waals surface area contributed by atoms with Crippen molar-refractivity contribution < 1.29 is 19.4 Å². The lowest BCUT2D eigenvalue weighted by Gasteiger charge is -2.14. The molecule has 2 N–H and O–H groups in total. The van der Waals surface area contributed by atoms with Gasteiger partial charge in [0, 0.05) is 17.9 Å². The number of hydrogen-bond acceptors (Lipinski definition) is 5. The quantitative estimate of drug-likeness (QED) is 0.802. The molecule has 1 aliphatic carbocycles. The van der Waals surface area contributed by atoms with E-state index >= 15 is 0 Å². The van der Waals surface area contributed by atoms with Crippen LogP contribution in [0.2, 0.25) is 0 Å². The first kappa shape index (κ1) is 13.3. The van der Waals surface area contributed by atoms with Gasteiger partial charge >= 0.3 is 11.9 Å². The lowest BCUT2D eigenvalue weighted by Crippen LogP contribution is -2.18. The molecule has 1 aliphatic rings. The van der Waals surface area contributed by atoms with E-state index in [0.29, 0.717) is 12.8 Å². The van der Waals surface area contributed by atoms with Crippen molar-refractivity contribution in [3.8, 4) is 0 Å². The monoisotopic (exact) mass is 264 g/mol. The number of anilines is 1. The third-order valence-electron chi connectivity index (χ3n) is 3.31. The zero-order valence-corrected chi connectivity index (χ0v) is 10.6. The number of methoxy groups -OCH3 is 1. The van der Waals surface area contributed by atoms with E-state index in [1.165, 1.54) is 13.3 Å². The summed E-state index contributed by atoms with van der Waals surface area (Å²) in [7, 11) is 1.30. The lowest BCUT2D eigenvalue weighted by atomic mass is 10.1. The Balaban J connectivity index is 2.00. The van der Waals surface area contributed by atoms with Crippen LogP contribution in [0.1, 0.15) is 29.8 Å². The summed E-state index contributed by atoms with van der Waals surface area (Å²) in [4.78, 5) is 26.2. The van der Waals surface area contributed by atoms with Crippen LogP contribution in [0, 0.1) is 5.92 Å². The summed E-state index contributed by atoms with van der Waals surface area (Å²) in [5, 5.41) is 12.2. The zero-order chi connectivity index (χ0) is 13.8. The summed E-state index contributed by atoms with van der Waals surface area (Å²) in [5.41, 5.74) is 0.992. The molecule has 0 saturated heterocycles.